The molecule has 0 unspecified atom stereocenters. The number of rotatable bonds is 0. The standard InChI is InChI=1S/C20H11BrN2O.C2H6/c21-12-9-10-13-14-5-2-4-8-18(14)23-19(16(13)11-12)22-17-7-3-1-6-15(17)20(23)24;1-2/h1-11H;1-2H3. The molecule has 0 bridgehead atoms. The van der Waals surface area contributed by atoms with Gasteiger partial charge in [-0.2, -0.15) is 0 Å². The maximum atomic E-state index is 13.1. The predicted octanol–water partition coefficient (Wildman–Crippen LogP) is 5.94. The Kier molecular flexibility index (Phi) is 4.21. The maximum Gasteiger partial charge on any atom is 0.266 e. The molecular weight excluding hydrogens is 388 g/mol. The molecule has 2 heterocycles. The minimum Gasteiger partial charge on any atom is -0.268 e. The van der Waals surface area contributed by atoms with Crippen LogP contribution in [0.2, 0.25) is 0 Å². The van der Waals surface area contributed by atoms with Crippen LogP contribution < -0.4 is 5.56 Å². The lowest BCUT2D eigenvalue weighted by molar-refractivity contribution is 1.14. The predicted molar refractivity (Wildman–Crippen MR) is 113 cm³/mol. The highest BCUT2D eigenvalue weighted by Crippen LogP contribution is 2.30. The second-order valence-corrected chi connectivity index (χ2v) is 6.72. The van der Waals surface area contributed by atoms with Crippen molar-refractivity contribution in [1.82, 2.24) is 9.38 Å². The lowest BCUT2D eigenvalue weighted by Crippen LogP contribution is -2.16. The van der Waals surface area contributed by atoms with E-state index in [4.69, 9.17) is 4.98 Å². The number of benzene rings is 3. The fourth-order valence-corrected chi connectivity index (χ4v) is 3.73. The molecule has 5 rings (SSSR count). The van der Waals surface area contributed by atoms with Gasteiger partial charge >= 0.3 is 0 Å². The van der Waals surface area contributed by atoms with Crippen LogP contribution in [-0.4, -0.2) is 9.38 Å². The Morgan fingerprint density at radius 1 is 0.808 bits per heavy atom. The first-order valence-electron chi connectivity index (χ1n) is 8.65. The molecule has 3 nitrogen and oxygen atoms in total. The maximum absolute atomic E-state index is 13.1. The van der Waals surface area contributed by atoms with Gasteiger partial charge in [0.1, 0.15) is 5.65 Å². The molecule has 26 heavy (non-hydrogen) atoms. The minimum absolute atomic E-state index is 0.0336. The van der Waals surface area contributed by atoms with Crippen LogP contribution in [0.5, 0.6) is 0 Å². The third-order valence-electron chi connectivity index (χ3n) is 4.43. The van der Waals surface area contributed by atoms with Gasteiger partial charge in [-0.3, -0.25) is 9.20 Å². The summed E-state index contributed by atoms with van der Waals surface area (Å²) in [6.07, 6.45) is 0. The van der Waals surface area contributed by atoms with Gasteiger partial charge in [0.2, 0.25) is 0 Å². The number of aromatic nitrogens is 2. The molecular formula is C22H17BrN2O. The van der Waals surface area contributed by atoms with E-state index in [-0.39, 0.29) is 5.56 Å². The summed E-state index contributed by atoms with van der Waals surface area (Å²) in [7, 11) is 0. The minimum atomic E-state index is -0.0336. The summed E-state index contributed by atoms with van der Waals surface area (Å²) in [4.78, 5) is 17.9. The van der Waals surface area contributed by atoms with E-state index in [9.17, 15) is 4.79 Å². The van der Waals surface area contributed by atoms with Crippen LogP contribution >= 0.6 is 15.9 Å². The first kappa shape index (κ1) is 16.7. The van der Waals surface area contributed by atoms with Gasteiger partial charge in [-0.1, -0.05) is 66.2 Å². The molecule has 0 aliphatic rings. The van der Waals surface area contributed by atoms with E-state index in [0.717, 1.165) is 31.7 Å². The zero-order valence-corrected chi connectivity index (χ0v) is 16.1. The van der Waals surface area contributed by atoms with Crippen molar-refractivity contribution in [2.24, 2.45) is 0 Å². The fraction of sp³-hybridized carbons (Fsp3) is 0.0909. The second kappa shape index (κ2) is 6.54. The fourth-order valence-electron chi connectivity index (χ4n) is 3.37. The van der Waals surface area contributed by atoms with Crippen LogP contribution in [0.3, 0.4) is 0 Å². The van der Waals surface area contributed by atoms with Gasteiger partial charge in [-0.15, -0.1) is 0 Å². The average molecular weight is 405 g/mol. The monoisotopic (exact) mass is 404 g/mol. The van der Waals surface area contributed by atoms with E-state index < -0.39 is 0 Å². The zero-order chi connectivity index (χ0) is 18.3. The number of pyridine rings is 1. The van der Waals surface area contributed by atoms with Crippen molar-refractivity contribution in [3.8, 4) is 0 Å². The smallest absolute Gasteiger partial charge is 0.266 e. The van der Waals surface area contributed by atoms with Crippen LogP contribution in [0.1, 0.15) is 13.8 Å². The van der Waals surface area contributed by atoms with E-state index in [2.05, 4.69) is 22.0 Å². The molecule has 0 aliphatic heterocycles. The second-order valence-electron chi connectivity index (χ2n) is 5.80. The Labute approximate surface area is 159 Å². The van der Waals surface area contributed by atoms with Gasteiger partial charge in [0.05, 0.1) is 16.4 Å². The number of para-hydroxylation sites is 2. The highest BCUT2D eigenvalue weighted by Gasteiger charge is 2.13. The number of halogens is 1. The van der Waals surface area contributed by atoms with Crippen molar-refractivity contribution < 1.29 is 0 Å². The third-order valence-corrected chi connectivity index (χ3v) is 4.93. The van der Waals surface area contributed by atoms with Crippen molar-refractivity contribution in [3.63, 3.8) is 0 Å². The Bertz CT molecular complexity index is 1340. The first-order chi connectivity index (χ1) is 12.7. The lowest BCUT2D eigenvalue weighted by Gasteiger charge is -2.12. The van der Waals surface area contributed by atoms with Crippen LogP contribution in [0.4, 0.5) is 0 Å². The SMILES string of the molecule is CC.O=c1c2ccccc2nc2c3cc(Br)ccc3c3ccccc3n12. The molecule has 5 aromatic rings. The van der Waals surface area contributed by atoms with Gasteiger partial charge in [0.15, 0.2) is 0 Å². The number of hydrogen-bond acceptors (Lipinski definition) is 2. The molecule has 0 amide bonds. The third kappa shape index (κ3) is 2.41. The van der Waals surface area contributed by atoms with Gasteiger partial charge in [-0.05, 0) is 35.7 Å². The zero-order valence-electron chi connectivity index (χ0n) is 14.5. The molecule has 0 atom stereocenters. The molecule has 0 spiro atoms. The van der Waals surface area contributed by atoms with Crippen molar-refractivity contribution in [2.75, 3.05) is 0 Å². The summed E-state index contributed by atoms with van der Waals surface area (Å²) in [6.45, 7) is 4.00. The Hall–Kier alpha value is -2.72. The van der Waals surface area contributed by atoms with Crippen LogP contribution in [0.15, 0.2) is 76.0 Å². The molecule has 0 radical (unpaired) electrons. The molecule has 4 heteroatoms. The Morgan fingerprint density at radius 3 is 2.31 bits per heavy atom. The van der Waals surface area contributed by atoms with Gasteiger partial charge in [0, 0.05) is 15.2 Å². The van der Waals surface area contributed by atoms with Crippen LogP contribution in [-0.2, 0) is 0 Å². The lowest BCUT2D eigenvalue weighted by atomic mass is 10.1. The van der Waals surface area contributed by atoms with Gasteiger partial charge in [0.25, 0.3) is 5.56 Å². The number of hydrogen-bond donors (Lipinski definition) is 0. The molecule has 0 N–H and O–H groups in total. The van der Waals surface area contributed by atoms with Crippen LogP contribution in [0.25, 0.3) is 38.2 Å². The molecule has 128 valence electrons. The normalized spacial score (nSPS) is 11.0. The van der Waals surface area contributed by atoms with Crippen molar-refractivity contribution in [3.05, 3.63) is 81.6 Å². The highest BCUT2D eigenvalue weighted by molar-refractivity contribution is 9.10. The quantitative estimate of drug-likeness (QED) is 0.236. The summed E-state index contributed by atoms with van der Waals surface area (Å²) in [5.41, 5.74) is 2.26. The summed E-state index contributed by atoms with van der Waals surface area (Å²) < 4.78 is 2.70. The number of nitrogens with zero attached hydrogens (tertiary/aromatic N) is 2. The molecule has 2 aromatic heterocycles. The van der Waals surface area contributed by atoms with Crippen molar-refractivity contribution >= 4 is 54.2 Å². The van der Waals surface area contributed by atoms with E-state index in [1.165, 1.54) is 0 Å². The first-order valence-corrected chi connectivity index (χ1v) is 9.45. The van der Waals surface area contributed by atoms with Crippen LogP contribution in [0, 0.1) is 0 Å². The van der Waals surface area contributed by atoms with Crippen molar-refractivity contribution in [1.29, 1.82) is 0 Å². The van der Waals surface area contributed by atoms with E-state index in [1.54, 1.807) is 4.40 Å². The molecule has 0 saturated heterocycles. The largest absolute Gasteiger partial charge is 0.268 e. The Balaban J connectivity index is 0.000000814. The molecule has 3 aromatic carbocycles. The summed E-state index contributed by atoms with van der Waals surface area (Å²) in [6, 6.07) is 21.6. The van der Waals surface area contributed by atoms with Gasteiger partial charge < -0.3 is 0 Å². The Morgan fingerprint density at radius 2 is 1.50 bits per heavy atom. The average Bonchev–Trinajstić information content (AvgIpc) is 2.69. The highest BCUT2D eigenvalue weighted by atomic mass is 79.9. The molecule has 0 saturated carbocycles. The summed E-state index contributed by atoms with van der Waals surface area (Å²) >= 11 is 3.54. The number of fused-ring (bicyclic) bond motifs is 7. The summed E-state index contributed by atoms with van der Waals surface area (Å²) in [5, 5.41) is 3.74. The van der Waals surface area contributed by atoms with E-state index in [0.29, 0.717) is 11.0 Å². The van der Waals surface area contributed by atoms with Gasteiger partial charge in [-0.25, -0.2) is 4.98 Å². The van der Waals surface area contributed by atoms with E-state index >= 15 is 0 Å². The van der Waals surface area contributed by atoms with E-state index in [1.807, 2.05) is 74.5 Å². The molecule has 0 fully saturated rings. The summed E-state index contributed by atoms with van der Waals surface area (Å²) in [5.74, 6) is 0. The van der Waals surface area contributed by atoms with Crippen molar-refractivity contribution in [2.45, 2.75) is 13.8 Å². The molecule has 0 aliphatic carbocycles. The topological polar surface area (TPSA) is 34.4 Å².